The van der Waals surface area contributed by atoms with Gasteiger partial charge in [-0.3, -0.25) is 14.5 Å². The number of quaternary nitrogens is 1. The van der Waals surface area contributed by atoms with Crippen LogP contribution in [0.2, 0.25) is 0 Å². The van der Waals surface area contributed by atoms with E-state index in [9.17, 15) is 24.6 Å². The van der Waals surface area contributed by atoms with E-state index in [2.05, 4.69) is 5.32 Å². The van der Waals surface area contributed by atoms with Crippen molar-refractivity contribution < 1.29 is 62.6 Å². The van der Waals surface area contributed by atoms with E-state index >= 15 is 0 Å². The zero-order chi connectivity index (χ0) is 33.6. The van der Waals surface area contributed by atoms with Gasteiger partial charge in [-0.25, -0.2) is 4.79 Å². The van der Waals surface area contributed by atoms with Crippen molar-refractivity contribution in [1.29, 1.82) is 0 Å². The van der Waals surface area contributed by atoms with Crippen LogP contribution in [0.3, 0.4) is 0 Å². The minimum Gasteiger partial charge on any atom is -0.493 e. The molecule has 2 rings (SSSR count). The molecule has 250 valence electrons. The van der Waals surface area contributed by atoms with Crippen LogP contribution in [0, 0.1) is 0 Å². The Kier molecular flexibility index (Phi) is 14.5. The van der Waals surface area contributed by atoms with E-state index < -0.39 is 17.9 Å². The van der Waals surface area contributed by atoms with Crippen molar-refractivity contribution in [3.8, 4) is 34.5 Å². The molecule has 0 bridgehead atoms. The monoisotopic (exact) mass is 638 g/mol. The Morgan fingerprint density at radius 2 is 1.18 bits per heavy atom. The number of ether oxygens (including phenoxy) is 6. The van der Waals surface area contributed by atoms with E-state index in [0.717, 1.165) is 0 Å². The Hall–Kier alpha value is -4.47. The summed E-state index contributed by atoms with van der Waals surface area (Å²) in [5, 5.41) is 31.7. The molecule has 45 heavy (non-hydrogen) atoms. The SMILES string of the molecule is COc1cc(CN(CC[N+](CCNCC(=O)O)(CC(=O)O)Cc2cc(OC)c(OC)c(OC)c2)CC(=O)O)cc(OC)c1OC. The zero-order valence-corrected chi connectivity index (χ0v) is 26.6. The topological polar surface area (TPSA) is 183 Å². The molecule has 4 N–H and O–H groups in total. The number of carboxylic acids is 3. The minimum absolute atomic E-state index is 0.0496. The Morgan fingerprint density at radius 3 is 1.58 bits per heavy atom. The second-order valence-electron chi connectivity index (χ2n) is 10.2. The summed E-state index contributed by atoms with van der Waals surface area (Å²) in [5.41, 5.74) is 1.37. The summed E-state index contributed by atoms with van der Waals surface area (Å²) >= 11 is 0. The molecule has 0 amide bonds. The first-order chi connectivity index (χ1) is 21.4. The van der Waals surface area contributed by atoms with E-state index in [1.165, 1.54) is 42.7 Å². The van der Waals surface area contributed by atoms with Crippen LogP contribution in [0.5, 0.6) is 34.5 Å². The second-order valence-corrected chi connectivity index (χ2v) is 10.2. The van der Waals surface area contributed by atoms with Gasteiger partial charge in [-0.1, -0.05) is 0 Å². The highest BCUT2D eigenvalue weighted by Crippen LogP contribution is 2.40. The number of aliphatic carboxylic acids is 3. The summed E-state index contributed by atoms with van der Waals surface area (Å²) in [6.07, 6.45) is 0. The number of hydrogen-bond donors (Lipinski definition) is 4. The van der Waals surface area contributed by atoms with Crippen molar-refractivity contribution in [2.24, 2.45) is 0 Å². The third-order valence-corrected chi connectivity index (χ3v) is 7.13. The molecule has 0 aliphatic heterocycles. The van der Waals surface area contributed by atoms with Gasteiger partial charge in [-0.05, 0) is 29.8 Å². The average Bonchev–Trinajstić information content (AvgIpc) is 3.00. The lowest BCUT2D eigenvalue weighted by Gasteiger charge is -2.39. The van der Waals surface area contributed by atoms with Gasteiger partial charge in [0.15, 0.2) is 29.5 Å². The van der Waals surface area contributed by atoms with Crippen molar-refractivity contribution in [3.05, 3.63) is 35.4 Å². The first-order valence-corrected chi connectivity index (χ1v) is 14.0. The Morgan fingerprint density at radius 1 is 0.689 bits per heavy atom. The maximum absolute atomic E-state index is 12.3. The van der Waals surface area contributed by atoms with Gasteiger partial charge >= 0.3 is 17.9 Å². The molecule has 0 fully saturated rings. The number of benzene rings is 2. The Bertz CT molecular complexity index is 1250. The van der Waals surface area contributed by atoms with E-state index in [1.54, 1.807) is 29.2 Å². The van der Waals surface area contributed by atoms with Crippen molar-refractivity contribution in [3.63, 3.8) is 0 Å². The van der Waals surface area contributed by atoms with Crippen LogP contribution in [-0.2, 0) is 27.5 Å². The largest absolute Gasteiger partial charge is 0.493 e. The second kappa shape index (κ2) is 17.7. The third-order valence-electron chi connectivity index (χ3n) is 7.13. The van der Waals surface area contributed by atoms with Gasteiger partial charge in [0, 0.05) is 25.2 Å². The van der Waals surface area contributed by atoms with Gasteiger partial charge in [0.1, 0.15) is 6.54 Å². The third kappa shape index (κ3) is 10.9. The van der Waals surface area contributed by atoms with E-state index in [-0.39, 0.29) is 63.4 Å². The molecule has 0 saturated heterocycles. The van der Waals surface area contributed by atoms with Gasteiger partial charge < -0.3 is 53.5 Å². The Balaban J connectivity index is 2.52. The summed E-state index contributed by atoms with van der Waals surface area (Å²) in [6.45, 7) is 0.206. The van der Waals surface area contributed by atoms with Gasteiger partial charge in [0.25, 0.3) is 0 Å². The number of hydrogen-bond acceptors (Lipinski definition) is 11. The predicted molar refractivity (Wildman–Crippen MR) is 162 cm³/mol. The fraction of sp³-hybridized carbons (Fsp3) is 0.500. The molecule has 0 aromatic heterocycles. The fourth-order valence-corrected chi connectivity index (χ4v) is 5.14. The first kappa shape index (κ1) is 36.7. The smallest absolute Gasteiger partial charge is 0.359 e. The Labute approximate surface area is 262 Å². The predicted octanol–water partition coefficient (Wildman–Crippen LogP) is 1.40. The fourth-order valence-electron chi connectivity index (χ4n) is 5.14. The van der Waals surface area contributed by atoms with Crippen LogP contribution in [0.1, 0.15) is 11.1 Å². The van der Waals surface area contributed by atoms with Crippen LogP contribution >= 0.6 is 0 Å². The highest BCUT2D eigenvalue weighted by atomic mass is 16.5. The number of rotatable bonds is 22. The summed E-state index contributed by atoms with van der Waals surface area (Å²) in [4.78, 5) is 37.0. The van der Waals surface area contributed by atoms with E-state index in [1.807, 2.05) is 0 Å². The van der Waals surface area contributed by atoms with Crippen LogP contribution < -0.4 is 33.7 Å². The normalized spacial score (nSPS) is 12.2. The van der Waals surface area contributed by atoms with Crippen LogP contribution in [-0.4, -0.2) is 131 Å². The molecule has 0 aliphatic rings. The summed E-state index contributed by atoms with van der Waals surface area (Å²) in [5.74, 6) is -0.824. The van der Waals surface area contributed by atoms with Gasteiger partial charge in [-0.15, -0.1) is 0 Å². The number of carbonyl (C=O) groups is 3. The maximum Gasteiger partial charge on any atom is 0.359 e. The number of nitrogens with zero attached hydrogens (tertiary/aromatic N) is 2. The molecule has 15 heteroatoms. The molecule has 0 aliphatic carbocycles. The molecule has 15 nitrogen and oxygen atoms in total. The van der Waals surface area contributed by atoms with Gasteiger partial charge in [-0.2, -0.15) is 0 Å². The van der Waals surface area contributed by atoms with Crippen molar-refractivity contribution in [1.82, 2.24) is 10.2 Å². The molecule has 0 radical (unpaired) electrons. The van der Waals surface area contributed by atoms with Crippen LogP contribution in [0.4, 0.5) is 0 Å². The number of methoxy groups -OCH3 is 6. The molecule has 2 aromatic rings. The minimum atomic E-state index is -1.07. The van der Waals surface area contributed by atoms with E-state index in [4.69, 9.17) is 33.5 Å². The van der Waals surface area contributed by atoms with E-state index in [0.29, 0.717) is 45.6 Å². The summed E-state index contributed by atoms with van der Waals surface area (Å²) < 4.78 is 32.7. The molecular formula is C30H44N3O12+. The van der Waals surface area contributed by atoms with Crippen molar-refractivity contribution in [2.75, 3.05) is 88.5 Å². The van der Waals surface area contributed by atoms with Crippen molar-refractivity contribution >= 4 is 17.9 Å². The number of nitrogens with one attached hydrogen (secondary N) is 1. The molecule has 2 aromatic carbocycles. The van der Waals surface area contributed by atoms with Crippen LogP contribution in [0.15, 0.2) is 24.3 Å². The molecule has 1 atom stereocenters. The summed E-state index contributed by atoms with van der Waals surface area (Å²) in [6, 6.07) is 6.90. The average molecular weight is 639 g/mol. The highest BCUT2D eigenvalue weighted by molar-refractivity contribution is 5.69. The lowest BCUT2D eigenvalue weighted by Crippen LogP contribution is -2.56. The highest BCUT2D eigenvalue weighted by Gasteiger charge is 2.33. The molecular weight excluding hydrogens is 594 g/mol. The number of carboxylic acid groups (broad SMARTS) is 3. The lowest BCUT2D eigenvalue weighted by atomic mass is 10.1. The maximum atomic E-state index is 12.3. The molecule has 0 heterocycles. The quantitative estimate of drug-likeness (QED) is 0.107. The lowest BCUT2D eigenvalue weighted by molar-refractivity contribution is -0.932. The first-order valence-electron chi connectivity index (χ1n) is 14.0. The standard InChI is InChI=1S/C30H43N3O12/c1-40-22-11-20(12-23(41-2)29(22)44-5)16-32(17-27(36)37)8-10-33(19-28(38)39,9-7-31-15-26(34)35)18-21-13-24(42-3)30(45-6)25(14-21)43-4/h11-14,31H,7-10,15-19H2,1-6H3,(H2-,34,35,36,37,38,39)/p+1. The molecule has 0 saturated carbocycles. The molecule has 0 spiro atoms. The van der Waals surface area contributed by atoms with Gasteiger partial charge in [0.2, 0.25) is 11.5 Å². The zero-order valence-electron chi connectivity index (χ0n) is 26.6. The molecule has 1 unspecified atom stereocenters. The van der Waals surface area contributed by atoms with Gasteiger partial charge in [0.05, 0.1) is 68.8 Å². The van der Waals surface area contributed by atoms with Crippen molar-refractivity contribution in [2.45, 2.75) is 13.1 Å². The summed E-state index contributed by atoms with van der Waals surface area (Å²) in [7, 11) is 8.87. The van der Waals surface area contributed by atoms with Crippen LogP contribution in [0.25, 0.3) is 0 Å².